The second-order valence-electron chi connectivity index (χ2n) is 3.08. The van der Waals surface area contributed by atoms with E-state index in [4.69, 9.17) is 11.6 Å². The number of carbonyl (C=O) groups is 1. The molecule has 1 aliphatic rings. The van der Waals surface area contributed by atoms with Crippen molar-refractivity contribution in [3.05, 3.63) is 28.8 Å². The van der Waals surface area contributed by atoms with Crippen molar-refractivity contribution in [2.24, 2.45) is 4.99 Å². The zero-order valence-corrected chi connectivity index (χ0v) is 7.93. The van der Waals surface area contributed by atoms with Crippen molar-refractivity contribution in [2.75, 3.05) is 0 Å². The standard InChI is InChI=1S/C10H8ClNO/c1-6-5-9(13)10-7(11)3-2-4-8(10)12-6/h2-4H,5H2,1H3. The number of ketones is 1. The maximum absolute atomic E-state index is 11.6. The molecule has 0 amide bonds. The van der Waals surface area contributed by atoms with E-state index in [9.17, 15) is 4.79 Å². The summed E-state index contributed by atoms with van der Waals surface area (Å²) in [4.78, 5) is 15.8. The van der Waals surface area contributed by atoms with Crippen LogP contribution in [-0.2, 0) is 0 Å². The molecule has 2 rings (SSSR count). The minimum absolute atomic E-state index is 0.0631. The number of rotatable bonds is 0. The molecule has 1 aliphatic heterocycles. The molecule has 0 bridgehead atoms. The Hall–Kier alpha value is -1.15. The number of benzene rings is 1. The van der Waals surface area contributed by atoms with E-state index in [-0.39, 0.29) is 5.78 Å². The lowest BCUT2D eigenvalue weighted by Gasteiger charge is -2.12. The molecule has 66 valence electrons. The van der Waals surface area contributed by atoms with Gasteiger partial charge in [-0.15, -0.1) is 0 Å². The Kier molecular flexibility index (Phi) is 1.93. The van der Waals surface area contributed by atoms with Crippen LogP contribution in [0, 0.1) is 0 Å². The van der Waals surface area contributed by atoms with Crippen molar-refractivity contribution in [1.82, 2.24) is 0 Å². The maximum Gasteiger partial charge on any atom is 0.172 e. The number of aliphatic imine (C=N–C) groups is 1. The second-order valence-corrected chi connectivity index (χ2v) is 3.49. The van der Waals surface area contributed by atoms with Gasteiger partial charge < -0.3 is 0 Å². The first kappa shape index (κ1) is 8.45. The van der Waals surface area contributed by atoms with Crippen LogP contribution in [0.15, 0.2) is 23.2 Å². The van der Waals surface area contributed by atoms with Crippen LogP contribution >= 0.6 is 11.6 Å². The molecule has 0 radical (unpaired) electrons. The average Bonchev–Trinajstić information content (AvgIpc) is 2.02. The molecule has 1 aromatic carbocycles. The number of Topliss-reactive ketones (excluding diaryl/α,β-unsaturated/α-hetero) is 1. The predicted molar refractivity (Wildman–Crippen MR) is 53.2 cm³/mol. The number of hydrogen-bond acceptors (Lipinski definition) is 2. The lowest BCUT2D eigenvalue weighted by Crippen LogP contribution is -2.10. The maximum atomic E-state index is 11.6. The molecule has 0 saturated heterocycles. The molecule has 0 fully saturated rings. The molecule has 0 spiro atoms. The summed E-state index contributed by atoms with van der Waals surface area (Å²) in [5.74, 6) is 0.0631. The van der Waals surface area contributed by atoms with Gasteiger partial charge in [-0.2, -0.15) is 0 Å². The highest BCUT2D eigenvalue weighted by atomic mass is 35.5. The summed E-state index contributed by atoms with van der Waals surface area (Å²) in [5.41, 5.74) is 2.11. The van der Waals surface area contributed by atoms with Crippen molar-refractivity contribution >= 4 is 28.8 Å². The van der Waals surface area contributed by atoms with Crippen molar-refractivity contribution in [3.63, 3.8) is 0 Å². The first-order chi connectivity index (χ1) is 6.18. The normalized spacial score (nSPS) is 15.2. The smallest absolute Gasteiger partial charge is 0.172 e. The highest BCUT2D eigenvalue weighted by molar-refractivity contribution is 6.35. The summed E-state index contributed by atoms with van der Waals surface area (Å²) in [7, 11) is 0. The van der Waals surface area contributed by atoms with Crippen molar-refractivity contribution in [1.29, 1.82) is 0 Å². The van der Waals surface area contributed by atoms with Gasteiger partial charge >= 0.3 is 0 Å². The van der Waals surface area contributed by atoms with Crippen LogP contribution in [0.25, 0.3) is 0 Å². The molecular weight excluding hydrogens is 186 g/mol. The average molecular weight is 194 g/mol. The van der Waals surface area contributed by atoms with Crippen molar-refractivity contribution in [3.8, 4) is 0 Å². The van der Waals surface area contributed by atoms with E-state index in [1.54, 1.807) is 12.1 Å². The number of halogens is 1. The predicted octanol–water partition coefficient (Wildman–Crippen LogP) is 3.02. The van der Waals surface area contributed by atoms with Crippen LogP contribution in [0.1, 0.15) is 23.7 Å². The third-order valence-corrected chi connectivity index (χ3v) is 2.31. The van der Waals surface area contributed by atoms with Crippen LogP contribution < -0.4 is 0 Å². The molecule has 0 unspecified atom stereocenters. The van der Waals surface area contributed by atoms with Crippen molar-refractivity contribution < 1.29 is 4.79 Å². The Balaban J connectivity index is 2.69. The molecule has 13 heavy (non-hydrogen) atoms. The SMILES string of the molecule is CC1=Nc2cccc(Cl)c2C(=O)C1. The number of hydrogen-bond donors (Lipinski definition) is 0. The fraction of sp³-hybridized carbons (Fsp3) is 0.200. The van der Waals surface area contributed by atoms with Gasteiger partial charge in [-0.1, -0.05) is 17.7 Å². The third-order valence-electron chi connectivity index (χ3n) is 2.00. The number of fused-ring (bicyclic) bond motifs is 1. The first-order valence-electron chi connectivity index (χ1n) is 4.04. The zero-order valence-electron chi connectivity index (χ0n) is 7.17. The van der Waals surface area contributed by atoms with E-state index in [1.165, 1.54) is 0 Å². The van der Waals surface area contributed by atoms with E-state index in [2.05, 4.69) is 4.99 Å². The molecule has 1 aromatic rings. The zero-order chi connectivity index (χ0) is 9.42. The molecule has 3 heteroatoms. The molecule has 2 nitrogen and oxygen atoms in total. The van der Waals surface area contributed by atoms with E-state index in [1.807, 2.05) is 13.0 Å². The Labute approximate surface area is 81.2 Å². The summed E-state index contributed by atoms with van der Waals surface area (Å²) in [6.45, 7) is 1.85. The summed E-state index contributed by atoms with van der Waals surface area (Å²) < 4.78 is 0. The highest BCUT2D eigenvalue weighted by Crippen LogP contribution is 2.31. The van der Waals surface area contributed by atoms with Crippen LogP contribution in [0.5, 0.6) is 0 Å². The summed E-state index contributed by atoms with van der Waals surface area (Å²) in [6, 6.07) is 5.33. The minimum atomic E-state index is 0.0631. The largest absolute Gasteiger partial charge is 0.294 e. The van der Waals surface area contributed by atoms with Gasteiger partial charge in [0.05, 0.1) is 16.3 Å². The van der Waals surface area contributed by atoms with Gasteiger partial charge in [0.2, 0.25) is 0 Å². The lowest BCUT2D eigenvalue weighted by atomic mass is 10.0. The highest BCUT2D eigenvalue weighted by Gasteiger charge is 2.19. The van der Waals surface area contributed by atoms with Crippen LogP contribution in [0.4, 0.5) is 5.69 Å². The fourth-order valence-corrected chi connectivity index (χ4v) is 1.72. The monoisotopic (exact) mass is 193 g/mol. The minimum Gasteiger partial charge on any atom is -0.294 e. The van der Waals surface area contributed by atoms with Gasteiger partial charge in [0.15, 0.2) is 5.78 Å². The quantitative estimate of drug-likeness (QED) is 0.623. The summed E-state index contributed by atoms with van der Waals surface area (Å²) >= 11 is 5.89. The van der Waals surface area contributed by atoms with E-state index in [0.717, 1.165) is 5.71 Å². The summed E-state index contributed by atoms with van der Waals surface area (Å²) in [6.07, 6.45) is 0.386. The van der Waals surface area contributed by atoms with Crippen molar-refractivity contribution in [2.45, 2.75) is 13.3 Å². The summed E-state index contributed by atoms with van der Waals surface area (Å²) in [5, 5.41) is 0.499. The Morgan fingerprint density at radius 2 is 2.23 bits per heavy atom. The number of carbonyl (C=O) groups excluding carboxylic acids is 1. The van der Waals surface area contributed by atoms with Gasteiger partial charge in [-0.05, 0) is 19.1 Å². The fourth-order valence-electron chi connectivity index (χ4n) is 1.45. The Bertz CT molecular complexity index is 409. The van der Waals surface area contributed by atoms with E-state index < -0.39 is 0 Å². The molecule has 0 saturated carbocycles. The molecule has 1 heterocycles. The second kappa shape index (κ2) is 2.96. The first-order valence-corrected chi connectivity index (χ1v) is 4.42. The van der Waals surface area contributed by atoms with Gasteiger partial charge in [-0.3, -0.25) is 9.79 Å². The van der Waals surface area contributed by atoms with Crippen LogP contribution in [0.3, 0.4) is 0 Å². The molecule has 0 atom stereocenters. The molecule has 0 aromatic heterocycles. The topological polar surface area (TPSA) is 29.4 Å². The van der Waals surface area contributed by atoms with E-state index >= 15 is 0 Å². The third kappa shape index (κ3) is 1.38. The molecule has 0 aliphatic carbocycles. The van der Waals surface area contributed by atoms with Gasteiger partial charge in [-0.25, -0.2) is 0 Å². The number of nitrogens with zero attached hydrogens (tertiary/aromatic N) is 1. The van der Waals surface area contributed by atoms with E-state index in [0.29, 0.717) is 22.7 Å². The van der Waals surface area contributed by atoms with Crippen LogP contribution in [-0.4, -0.2) is 11.5 Å². The van der Waals surface area contributed by atoms with Gasteiger partial charge in [0.25, 0.3) is 0 Å². The van der Waals surface area contributed by atoms with Gasteiger partial charge in [0.1, 0.15) is 0 Å². The van der Waals surface area contributed by atoms with Crippen LogP contribution in [0.2, 0.25) is 5.02 Å². The molecule has 0 N–H and O–H groups in total. The Morgan fingerprint density at radius 3 is 3.00 bits per heavy atom. The van der Waals surface area contributed by atoms with Gasteiger partial charge in [0, 0.05) is 12.1 Å². The lowest BCUT2D eigenvalue weighted by molar-refractivity contribution is 0.1000. The molecular formula is C10H8ClNO. The Morgan fingerprint density at radius 1 is 1.46 bits per heavy atom.